The molecule has 0 bridgehead atoms. The van der Waals surface area contributed by atoms with Gasteiger partial charge in [0.05, 0.1) is 16.0 Å². The van der Waals surface area contributed by atoms with E-state index in [-0.39, 0.29) is 27.8 Å². The molecular weight excluding hydrogens is 543 g/mol. The molecule has 1 heterocycles. The Morgan fingerprint density at radius 1 is 1.27 bits per heavy atom. The lowest BCUT2D eigenvalue weighted by Gasteiger charge is -2.39. The fourth-order valence-corrected chi connectivity index (χ4v) is 6.78. The Balaban J connectivity index is 1.91. The van der Waals surface area contributed by atoms with E-state index >= 15 is 4.39 Å². The summed E-state index contributed by atoms with van der Waals surface area (Å²) in [7, 11) is -10.5. The SMILES string of the molecule is [2H]C([2H])([2H])Oc1ccc(S(=O)(=O)N2CC[C@@](F)(C(=O)N[C@H](C)/C=C\S(C)(=O)=O)C[C@H]2C)c(-c2ccccc2Cl)c1. The summed E-state index contributed by atoms with van der Waals surface area (Å²) in [5.74, 6) is -1.07. The van der Waals surface area contributed by atoms with Crippen molar-refractivity contribution < 1.29 is 34.9 Å². The number of rotatable bonds is 8. The summed E-state index contributed by atoms with van der Waals surface area (Å²) in [4.78, 5) is 12.5. The molecule has 3 atom stereocenters. The average molecular weight is 576 g/mol. The van der Waals surface area contributed by atoms with Crippen LogP contribution in [0.1, 0.15) is 30.8 Å². The molecule has 12 heteroatoms. The van der Waals surface area contributed by atoms with Crippen molar-refractivity contribution in [2.75, 3.05) is 19.8 Å². The van der Waals surface area contributed by atoms with Crippen LogP contribution in [-0.2, 0) is 24.7 Å². The number of hydrogen-bond acceptors (Lipinski definition) is 6. The van der Waals surface area contributed by atoms with Crippen molar-refractivity contribution in [3.8, 4) is 16.9 Å². The molecule has 0 unspecified atom stereocenters. The number of amides is 1. The fraction of sp³-hybridized carbons (Fsp3) is 0.400. The minimum atomic E-state index is -4.29. The van der Waals surface area contributed by atoms with Gasteiger partial charge in [-0.15, -0.1) is 0 Å². The van der Waals surface area contributed by atoms with Crippen molar-refractivity contribution in [2.24, 2.45) is 0 Å². The average Bonchev–Trinajstić information content (AvgIpc) is 2.81. The lowest BCUT2D eigenvalue weighted by Crippen LogP contribution is -2.56. The number of nitrogens with zero attached hydrogens (tertiary/aromatic N) is 1. The molecule has 1 aliphatic heterocycles. The van der Waals surface area contributed by atoms with Crippen molar-refractivity contribution in [1.29, 1.82) is 0 Å². The van der Waals surface area contributed by atoms with E-state index in [1.54, 1.807) is 24.3 Å². The van der Waals surface area contributed by atoms with Gasteiger partial charge in [-0.2, -0.15) is 4.31 Å². The molecule has 0 spiro atoms. The highest BCUT2D eigenvalue weighted by molar-refractivity contribution is 7.93. The number of piperidine rings is 1. The molecule has 0 saturated carbocycles. The Morgan fingerprint density at radius 2 is 1.97 bits per heavy atom. The van der Waals surface area contributed by atoms with Crippen molar-refractivity contribution >= 4 is 37.4 Å². The van der Waals surface area contributed by atoms with Gasteiger partial charge in [-0.1, -0.05) is 35.9 Å². The van der Waals surface area contributed by atoms with Crippen LogP contribution in [0.4, 0.5) is 4.39 Å². The monoisotopic (exact) mass is 575 g/mol. The zero-order valence-corrected chi connectivity index (χ0v) is 22.8. The highest BCUT2D eigenvalue weighted by Crippen LogP contribution is 2.39. The first-order valence-electron chi connectivity index (χ1n) is 12.8. The van der Waals surface area contributed by atoms with E-state index in [9.17, 15) is 21.6 Å². The van der Waals surface area contributed by atoms with Crippen LogP contribution in [-0.4, -0.2) is 64.6 Å². The predicted octanol–water partition coefficient (Wildman–Crippen LogP) is 3.96. The Morgan fingerprint density at radius 3 is 2.59 bits per heavy atom. The predicted molar refractivity (Wildman–Crippen MR) is 141 cm³/mol. The van der Waals surface area contributed by atoms with Crippen LogP contribution >= 0.6 is 11.6 Å². The van der Waals surface area contributed by atoms with Crippen LogP contribution in [0.2, 0.25) is 5.02 Å². The largest absolute Gasteiger partial charge is 0.497 e. The molecule has 3 rings (SSSR count). The third-order valence-corrected chi connectivity index (χ3v) is 9.09. The van der Waals surface area contributed by atoms with Gasteiger partial charge in [-0.25, -0.2) is 21.2 Å². The van der Waals surface area contributed by atoms with Crippen LogP contribution in [0, 0.1) is 0 Å². The van der Waals surface area contributed by atoms with Gasteiger partial charge in [0, 0.05) is 59.3 Å². The summed E-state index contributed by atoms with van der Waals surface area (Å²) in [5, 5.41) is 3.55. The summed E-state index contributed by atoms with van der Waals surface area (Å²) in [6.45, 7) is 2.64. The Bertz CT molecular complexity index is 1520. The van der Waals surface area contributed by atoms with Crippen LogP contribution in [0.3, 0.4) is 0 Å². The quantitative estimate of drug-likeness (QED) is 0.510. The Kier molecular flexibility index (Phi) is 7.46. The maximum atomic E-state index is 15.8. The van der Waals surface area contributed by atoms with E-state index in [0.717, 1.165) is 16.0 Å². The topological polar surface area (TPSA) is 110 Å². The first-order valence-corrected chi connectivity index (χ1v) is 15.1. The van der Waals surface area contributed by atoms with E-state index in [1.165, 1.54) is 38.1 Å². The zero-order chi connectivity index (χ0) is 30.1. The fourth-order valence-electron chi connectivity index (χ4n) is 4.20. The number of benzene rings is 2. The van der Waals surface area contributed by atoms with Crippen LogP contribution < -0.4 is 10.1 Å². The molecule has 202 valence electrons. The number of sulfonamides is 1. The van der Waals surface area contributed by atoms with Gasteiger partial charge in [-0.3, -0.25) is 4.79 Å². The van der Waals surface area contributed by atoms with E-state index < -0.39 is 63.4 Å². The lowest BCUT2D eigenvalue weighted by molar-refractivity contribution is -0.136. The summed E-state index contributed by atoms with van der Waals surface area (Å²) in [5.41, 5.74) is -1.97. The summed E-state index contributed by atoms with van der Waals surface area (Å²) >= 11 is 6.35. The second-order valence-corrected chi connectivity index (χ2v) is 13.2. The summed E-state index contributed by atoms with van der Waals surface area (Å²) < 4.78 is 94.3. The lowest BCUT2D eigenvalue weighted by atomic mass is 9.89. The van der Waals surface area contributed by atoms with E-state index in [0.29, 0.717) is 5.56 Å². The molecule has 1 saturated heterocycles. The second kappa shape index (κ2) is 11.1. The van der Waals surface area contributed by atoms with Gasteiger partial charge in [0.2, 0.25) is 10.0 Å². The number of nitrogens with one attached hydrogen (secondary N) is 1. The maximum Gasteiger partial charge on any atom is 0.258 e. The smallest absolute Gasteiger partial charge is 0.258 e. The molecule has 2 aromatic carbocycles. The summed E-state index contributed by atoms with van der Waals surface area (Å²) in [6, 6.07) is 8.40. The highest BCUT2D eigenvalue weighted by atomic mass is 35.5. The molecule has 1 N–H and O–H groups in total. The van der Waals surface area contributed by atoms with E-state index in [1.807, 2.05) is 0 Å². The third-order valence-electron chi connectivity index (χ3n) is 6.04. The zero-order valence-electron chi connectivity index (χ0n) is 23.4. The Hall–Kier alpha value is -2.47. The van der Waals surface area contributed by atoms with Crippen LogP contribution in [0.25, 0.3) is 11.1 Å². The number of methoxy groups -OCH3 is 1. The van der Waals surface area contributed by atoms with Gasteiger partial charge in [0.1, 0.15) is 5.75 Å². The molecule has 1 fully saturated rings. The first-order chi connectivity index (χ1) is 18.3. The number of carbonyl (C=O) groups is 1. The molecule has 0 radical (unpaired) electrons. The van der Waals surface area contributed by atoms with Gasteiger partial charge < -0.3 is 10.1 Å². The minimum Gasteiger partial charge on any atom is -0.497 e. The van der Waals surface area contributed by atoms with Gasteiger partial charge in [-0.05, 0) is 38.1 Å². The number of halogens is 2. The standard InChI is InChI=1S/C25H30ClFN2O6S2/c1-17(11-14-36(4,31)32)28-24(30)25(27)12-13-29(18(2)16-25)37(33,34)23-10-9-19(35-3)15-21(23)20-7-5-6-8-22(20)26/h5-11,14-15,17-18H,12-13,16H2,1-4H3,(H,28,30)/b14-11-/t17-,18-,25+/m1/s1/i3D3. The Labute approximate surface area is 226 Å². The highest BCUT2D eigenvalue weighted by Gasteiger charge is 2.48. The molecule has 37 heavy (non-hydrogen) atoms. The van der Waals surface area contributed by atoms with E-state index in [4.69, 9.17) is 20.5 Å². The van der Waals surface area contributed by atoms with Gasteiger partial charge in [0.15, 0.2) is 15.5 Å². The molecule has 2 aromatic rings. The molecule has 8 nitrogen and oxygen atoms in total. The molecular formula is C25H30ClFN2O6S2. The minimum absolute atomic E-state index is 0.0980. The first kappa shape index (κ1) is 24.8. The number of hydrogen-bond donors (Lipinski definition) is 1. The molecule has 0 aromatic heterocycles. The second-order valence-electron chi connectivity index (χ2n) is 9.04. The van der Waals surface area contributed by atoms with Gasteiger partial charge >= 0.3 is 0 Å². The van der Waals surface area contributed by atoms with Crippen LogP contribution in [0.5, 0.6) is 5.75 Å². The van der Waals surface area contributed by atoms with Crippen LogP contribution in [0.15, 0.2) is 58.8 Å². The number of carbonyl (C=O) groups excluding carboxylic acids is 1. The van der Waals surface area contributed by atoms with Crippen molar-refractivity contribution in [1.82, 2.24) is 9.62 Å². The number of sulfone groups is 1. The normalized spacial score (nSPS) is 23.6. The molecule has 1 aliphatic rings. The van der Waals surface area contributed by atoms with Gasteiger partial charge in [0.25, 0.3) is 5.91 Å². The van der Waals surface area contributed by atoms with Crippen molar-refractivity contribution in [2.45, 2.75) is 49.3 Å². The molecule has 0 aliphatic carbocycles. The molecule has 1 amide bonds. The van der Waals surface area contributed by atoms with E-state index in [2.05, 4.69) is 5.32 Å². The van der Waals surface area contributed by atoms with Crippen molar-refractivity contribution in [3.63, 3.8) is 0 Å². The third kappa shape index (κ3) is 6.70. The van der Waals surface area contributed by atoms with Crippen molar-refractivity contribution in [3.05, 3.63) is 59.0 Å². The number of ether oxygens (including phenoxy) is 1. The number of alkyl halides is 1. The summed E-state index contributed by atoms with van der Waals surface area (Å²) in [6.07, 6.45) is 1.32. The maximum absolute atomic E-state index is 15.8.